The van der Waals surface area contributed by atoms with Crippen LogP contribution in [0.4, 0.5) is 0 Å². The highest BCUT2D eigenvalue weighted by molar-refractivity contribution is 5.93. The molecular formula is C26H32N4O3. The molecule has 0 radical (unpaired) electrons. The van der Waals surface area contributed by atoms with Gasteiger partial charge in [0.05, 0.1) is 6.04 Å². The Morgan fingerprint density at radius 1 is 1.06 bits per heavy atom. The fourth-order valence-corrected chi connectivity index (χ4v) is 4.86. The number of rotatable bonds is 6. The smallest absolute Gasteiger partial charge is 0.273 e. The summed E-state index contributed by atoms with van der Waals surface area (Å²) in [7, 11) is 2.13. The lowest BCUT2D eigenvalue weighted by Gasteiger charge is -2.37. The van der Waals surface area contributed by atoms with Gasteiger partial charge in [-0.1, -0.05) is 17.3 Å². The van der Waals surface area contributed by atoms with E-state index in [0.717, 1.165) is 56.1 Å². The van der Waals surface area contributed by atoms with Gasteiger partial charge in [0.15, 0.2) is 11.5 Å². The number of furan rings is 1. The number of nitrogens with zero attached hydrogens (tertiary/aromatic N) is 3. The zero-order chi connectivity index (χ0) is 22.8. The number of carbonyl (C=O) groups is 1. The monoisotopic (exact) mass is 448 g/mol. The molecular weight excluding hydrogens is 416 g/mol. The first-order valence-corrected chi connectivity index (χ1v) is 11.9. The van der Waals surface area contributed by atoms with Crippen LogP contribution in [-0.2, 0) is 12.8 Å². The molecule has 1 aliphatic heterocycles. The summed E-state index contributed by atoms with van der Waals surface area (Å²) in [5.74, 6) is 2.16. The quantitative estimate of drug-likeness (QED) is 0.618. The Morgan fingerprint density at radius 3 is 2.61 bits per heavy atom. The lowest BCUT2D eigenvalue weighted by Crippen LogP contribution is -2.48. The number of amides is 1. The van der Waals surface area contributed by atoms with E-state index in [4.69, 9.17) is 8.94 Å². The van der Waals surface area contributed by atoms with Crippen LogP contribution in [0.1, 0.15) is 52.0 Å². The Balaban J connectivity index is 1.27. The van der Waals surface area contributed by atoms with E-state index < -0.39 is 0 Å². The highest BCUT2D eigenvalue weighted by Crippen LogP contribution is 2.28. The molecule has 0 saturated carbocycles. The van der Waals surface area contributed by atoms with Gasteiger partial charge in [-0.05, 0) is 69.0 Å². The van der Waals surface area contributed by atoms with E-state index >= 15 is 0 Å². The molecule has 5 rings (SSSR count). The number of aryl methyl sites for hydroxylation is 3. The minimum Gasteiger partial charge on any atom is -0.465 e. The minimum atomic E-state index is -0.231. The Bertz CT molecular complexity index is 1110. The van der Waals surface area contributed by atoms with Crippen LogP contribution in [0.2, 0.25) is 0 Å². The topological polar surface area (TPSA) is 74.8 Å². The van der Waals surface area contributed by atoms with Gasteiger partial charge in [0.2, 0.25) is 0 Å². The van der Waals surface area contributed by atoms with E-state index in [2.05, 4.69) is 45.5 Å². The maximum Gasteiger partial charge on any atom is 0.273 e. The van der Waals surface area contributed by atoms with Gasteiger partial charge in [0, 0.05) is 44.4 Å². The van der Waals surface area contributed by atoms with Crippen molar-refractivity contribution in [1.29, 1.82) is 0 Å². The zero-order valence-electron chi connectivity index (χ0n) is 19.5. The van der Waals surface area contributed by atoms with Crippen molar-refractivity contribution in [2.24, 2.45) is 0 Å². The third kappa shape index (κ3) is 4.89. The van der Waals surface area contributed by atoms with Crippen molar-refractivity contribution in [3.05, 3.63) is 64.7 Å². The number of hydrogen-bond donors (Lipinski definition) is 1. The summed E-state index contributed by atoms with van der Waals surface area (Å²) in [6, 6.07) is 12.1. The fourth-order valence-electron chi connectivity index (χ4n) is 4.86. The zero-order valence-corrected chi connectivity index (χ0v) is 19.5. The molecule has 0 spiro atoms. The first kappa shape index (κ1) is 21.9. The van der Waals surface area contributed by atoms with Gasteiger partial charge in [-0.2, -0.15) is 0 Å². The van der Waals surface area contributed by atoms with Gasteiger partial charge in [0.1, 0.15) is 11.5 Å². The van der Waals surface area contributed by atoms with Crippen molar-refractivity contribution in [2.75, 3.05) is 39.8 Å². The fraction of sp³-hybridized carbons (Fsp3) is 0.462. The van der Waals surface area contributed by atoms with Gasteiger partial charge in [0.25, 0.3) is 5.91 Å². The van der Waals surface area contributed by atoms with Gasteiger partial charge in [-0.15, -0.1) is 0 Å². The SMILES string of the molecule is Cc1ccc([C@@H](CNC(=O)c2cc(-c3ccc4c(c3)CCCC4)on2)N2CCN(C)CC2)o1. The van der Waals surface area contributed by atoms with Crippen molar-refractivity contribution in [2.45, 2.75) is 38.6 Å². The summed E-state index contributed by atoms with van der Waals surface area (Å²) in [5.41, 5.74) is 4.08. The molecule has 1 aliphatic carbocycles. The molecule has 33 heavy (non-hydrogen) atoms. The van der Waals surface area contributed by atoms with Crippen LogP contribution in [0.25, 0.3) is 11.3 Å². The van der Waals surface area contributed by atoms with E-state index in [1.54, 1.807) is 6.07 Å². The molecule has 1 saturated heterocycles. The van der Waals surface area contributed by atoms with Crippen LogP contribution < -0.4 is 5.32 Å². The largest absolute Gasteiger partial charge is 0.465 e. The standard InChI is InChI=1S/C26H32N4O3/c1-18-7-10-24(32-18)23(30-13-11-29(2)12-14-30)17-27-26(31)22-16-25(33-28-22)21-9-8-19-5-3-4-6-20(19)15-21/h7-10,15-16,23H,3-6,11-14,17H2,1-2H3,(H,27,31)/t23-/m1/s1. The molecule has 0 bridgehead atoms. The molecule has 1 fully saturated rings. The van der Waals surface area contributed by atoms with Crippen molar-refractivity contribution in [3.8, 4) is 11.3 Å². The van der Waals surface area contributed by atoms with E-state index in [9.17, 15) is 4.79 Å². The first-order chi connectivity index (χ1) is 16.1. The number of likely N-dealkylation sites (N-methyl/N-ethyl adjacent to an activating group) is 1. The number of piperazine rings is 1. The van der Waals surface area contributed by atoms with Crippen LogP contribution in [0.15, 0.2) is 45.3 Å². The van der Waals surface area contributed by atoms with Crippen molar-refractivity contribution < 1.29 is 13.7 Å². The molecule has 2 aliphatic rings. The van der Waals surface area contributed by atoms with Crippen LogP contribution in [-0.4, -0.2) is 60.6 Å². The number of hydrogen-bond acceptors (Lipinski definition) is 6. The minimum absolute atomic E-state index is 0.0108. The maximum absolute atomic E-state index is 12.9. The summed E-state index contributed by atoms with van der Waals surface area (Å²) in [6.07, 6.45) is 4.73. The van der Waals surface area contributed by atoms with Gasteiger partial charge < -0.3 is 19.2 Å². The Hall–Kier alpha value is -2.90. The van der Waals surface area contributed by atoms with Gasteiger partial charge in [-0.25, -0.2) is 0 Å². The van der Waals surface area contributed by atoms with E-state index in [1.807, 2.05) is 19.1 Å². The Kier molecular flexibility index (Phi) is 6.33. The Labute approximate surface area is 194 Å². The molecule has 2 aromatic heterocycles. The van der Waals surface area contributed by atoms with Crippen molar-refractivity contribution >= 4 is 5.91 Å². The second-order valence-electron chi connectivity index (χ2n) is 9.28. The van der Waals surface area contributed by atoms with Crippen LogP contribution in [0, 0.1) is 6.92 Å². The summed E-state index contributed by atoms with van der Waals surface area (Å²) in [6.45, 7) is 6.26. The van der Waals surface area contributed by atoms with Crippen LogP contribution in [0.5, 0.6) is 0 Å². The number of fused-ring (bicyclic) bond motifs is 1. The molecule has 1 N–H and O–H groups in total. The van der Waals surface area contributed by atoms with Crippen molar-refractivity contribution in [1.82, 2.24) is 20.3 Å². The van der Waals surface area contributed by atoms with E-state index in [-0.39, 0.29) is 11.9 Å². The van der Waals surface area contributed by atoms with E-state index in [1.165, 1.54) is 24.0 Å². The van der Waals surface area contributed by atoms with Gasteiger partial charge in [-0.3, -0.25) is 9.69 Å². The highest BCUT2D eigenvalue weighted by Gasteiger charge is 2.27. The molecule has 174 valence electrons. The maximum atomic E-state index is 12.9. The summed E-state index contributed by atoms with van der Waals surface area (Å²) in [4.78, 5) is 17.6. The van der Waals surface area contributed by atoms with Crippen molar-refractivity contribution in [3.63, 3.8) is 0 Å². The molecule has 1 atom stereocenters. The highest BCUT2D eigenvalue weighted by atomic mass is 16.5. The third-order valence-corrected chi connectivity index (χ3v) is 6.90. The Morgan fingerprint density at radius 2 is 1.85 bits per heavy atom. The molecule has 1 amide bonds. The van der Waals surface area contributed by atoms with Crippen LogP contribution >= 0.6 is 0 Å². The molecule has 3 heterocycles. The summed E-state index contributed by atoms with van der Waals surface area (Å²) >= 11 is 0. The second kappa shape index (κ2) is 9.53. The van der Waals surface area contributed by atoms with E-state index in [0.29, 0.717) is 18.0 Å². The lowest BCUT2D eigenvalue weighted by atomic mass is 9.90. The third-order valence-electron chi connectivity index (χ3n) is 6.90. The van der Waals surface area contributed by atoms with Gasteiger partial charge >= 0.3 is 0 Å². The molecule has 1 aromatic carbocycles. The molecule has 7 heteroatoms. The second-order valence-corrected chi connectivity index (χ2v) is 9.28. The lowest BCUT2D eigenvalue weighted by molar-refractivity contribution is 0.0843. The summed E-state index contributed by atoms with van der Waals surface area (Å²) < 4.78 is 11.5. The average Bonchev–Trinajstić information content (AvgIpc) is 3.50. The molecule has 3 aromatic rings. The molecule has 7 nitrogen and oxygen atoms in total. The first-order valence-electron chi connectivity index (χ1n) is 11.9. The number of carbonyl (C=O) groups excluding carboxylic acids is 1. The normalized spacial score (nSPS) is 18.1. The van der Waals surface area contributed by atoms with Crippen LogP contribution in [0.3, 0.4) is 0 Å². The predicted molar refractivity (Wildman–Crippen MR) is 126 cm³/mol. The predicted octanol–water partition coefficient (Wildman–Crippen LogP) is 3.84. The average molecular weight is 449 g/mol. The molecule has 0 unspecified atom stereocenters. The number of nitrogens with one attached hydrogen (secondary N) is 1. The number of benzene rings is 1. The number of aromatic nitrogens is 1. The summed E-state index contributed by atoms with van der Waals surface area (Å²) in [5, 5.41) is 7.10.